The first-order valence-corrected chi connectivity index (χ1v) is 5.11. The van der Waals surface area contributed by atoms with Crippen LogP contribution in [-0.2, 0) is 4.74 Å². The summed E-state index contributed by atoms with van der Waals surface area (Å²) in [7, 11) is 0. The molecular weight excluding hydrogens is 158 g/mol. The van der Waals surface area contributed by atoms with Gasteiger partial charge in [0.2, 0.25) is 0 Å². The minimum atomic E-state index is -0.444. The molecule has 0 aromatic rings. The maximum atomic E-state index is 8.89. The number of ether oxygens (including phenoxy) is 1. The minimum Gasteiger partial charge on any atom is -0.360 e. The summed E-state index contributed by atoms with van der Waals surface area (Å²) in [6.07, 6.45) is 1.78. The van der Waals surface area contributed by atoms with Crippen LogP contribution >= 0.6 is 11.8 Å². The molecule has 0 radical (unpaired) electrons. The van der Waals surface area contributed by atoms with Crippen molar-refractivity contribution in [3.63, 3.8) is 0 Å². The molecule has 11 heavy (non-hydrogen) atoms. The van der Waals surface area contributed by atoms with Crippen LogP contribution in [0, 0.1) is 11.3 Å². The highest BCUT2D eigenvalue weighted by molar-refractivity contribution is 7.99. The Morgan fingerprint density at radius 1 is 1.55 bits per heavy atom. The summed E-state index contributed by atoms with van der Waals surface area (Å²) in [5.41, 5.74) is -0.444. The Morgan fingerprint density at radius 2 is 2.18 bits per heavy atom. The Hall–Kier alpha value is -0.200. The summed E-state index contributed by atoms with van der Waals surface area (Å²) in [5, 5.41) is 8.89. The van der Waals surface area contributed by atoms with Crippen LogP contribution in [0.25, 0.3) is 0 Å². The maximum Gasteiger partial charge on any atom is 0.155 e. The van der Waals surface area contributed by atoms with Crippen LogP contribution in [0.4, 0.5) is 0 Å². The van der Waals surface area contributed by atoms with Gasteiger partial charge in [0.15, 0.2) is 5.60 Å². The van der Waals surface area contributed by atoms with Crippen molar-refractivity contribution in [2.75, 3.05) is 18.1 Å². The van der Waals surface area contributed by atoms with Crippen LogP contribution < -0.4 is 0 Å². The molecule has 1 fully saturated rings. The van der Waals surface area contributed by atoms with E-state index in [2.05, 4.69) is 6.07 Å². The fraction of sp³-hybridized carbons (Fsp3) is 0.875. The molecule has 2 nitrogen and oxygen atoms in total. The van der Waals surface area contributed by atoms with Gasteiger partial charge in [0.25, 0.3) is 0 Å². The van der Waals surface area contributed by atoms with E-state index in [4.69, 9.17) is 10.00 Å². The number of hydrogen-bond acceptors (Lipinski definition) is 3. The molecule has 0 spiro atoms. The lowest BCUT2D eigenvalue weighted by Gasteiger charge is -2.29. The van der Waals surface area contributed by atoms with Crippen molar-refractivity contribution in [1.29, 1.82) is 5.26 Å². The largest absolute Gasteiger partial charge is 0.360 e. The molecule has 1 heterocycles. The third-order valence-electron chi connectivity index (χ3n) is 1.92. The van der Waals surface area contributed by atoms with Gasteiger partial charge in [-0.3, -0.25) is 0 Å². The van der Waals surface area contributed by atoms with Crippen LogP contribution in [0.15, 0.2) is 0 Å². The summed E-state index contributed by atoms with van der Waals surface area (Å²) in [6, 6.07) is 2.28. The molecule has 62 valence electrons. The van der Waals surface area contributed by atoms with Gasteiger partial charge in [0, 0.05) is 6.61 Å². The third kappa shape index (κ3) is 2.11. The zero-order valence-electron chi connectivity index (χ0n) is 6.80. The Kier molecular flexibility index (Phi) is 3.22. The molecule has 1 aliphatic heterocycles. The fourth-order valence-electron chi connectivity index (χ4n) is 1.27. The topological polar surface area (TPSA) is 33.0 Å². The molecule has 0 saturated carbocycles. The Labute approximate surface area is 71.9 Å². The Morgan fingerprint density at radius 3 is 2.64 bits per heavy atom. The van der Waals surface area contributed by atoms with E-state index in [0.717, 1.165) is 24.3 Å². The SMILES string of the molecule is CCOC1(C#N)CCSCC1. The Bertz CT molecular complexity index is 152. The normalized spacial score (nSPS) is 22.5. The molecule has 0 amide bonds. The lowest BCUT2D eigenvalue weighted by molar-refractivity contribution is -0.000386. The second-order valence-electron chi connectivity index (χ2n) is 2.65. The first-order valence-electron chi connectivity index (χ1n) is 3.96. The molecular formula is C8H13NOS. The van der Waals surface area contributed by atoms with Gasteiger partial charge in [0.1, 0.15) is 0 Å². The predicted octanol–water partition coefficient (Wildman–Crippen LogP) is 1.81. The summed E-state index contributed by atoms with van der Waals surface area (Å²) >= 11 is 1.91. The molecule has 3 heteroatoms. The smallest absolute Gasteiger partial charge is 0.155 e. The van der Waals surface area contributed by atoms with Gasteiger partial charge < -0.3 is 4.74 Å². The van der Waals surface area contributed by atoms with E-state index in [1.54, 1.807) is 0 Å². The number of nitriles is 1. The fourth-order valence-corrected chi connectivity index (χ4v) is 2.42. The molecule has 0 aromatic carbocycles. The minimum absolute atomic E-state index is 0.444. The van der Waals surface area contributed by atoms with E-state index in [-0.39, 0.29) is 0 Å². The van der Waals surface area contributed by atoms with Crippen molar-refractivity contribution in [3.8, 4) is 6.07 Å². The van der Waals surface area contributed by atoms with Crippen molar-refractivity contribution in [2.45, 2.75) is 25.4 Å². The lowest BCUT2D eigenvalue weighted by atomic mass is 9.99. The predicted molar refractivity (Wildman–Crippen MR) is 46.5 cm³/mol. The molecule has 1 aliphatic rings. The summed E-state index contributed by atoms with van der Waals surface area (Å²) in [4.78, 5) is 0. The van der Waals surface area contributed by atoms with E-state index < -0.39 is 5.60 Å². The zero-order chi connectivity index (χ0) is 8.16. The first kappa shape index (κ1) is 8.89. The highest BCUT2D eigenvalue weighted by Gasteiger charge is 2.32. The van der Waals surface area contributed by atoms with Crippen LogP contribution in [0.1, 0.15) is 19.8 Å². The average Bonchev–Trinajstić information content (AvgIpc) is 2.07. The third-order valence-corrected chi connectivity index (χ3v) is 2.91. The van der Waals surface area contributed by atoms with Crippen molar-refractivity contribution < 1.29 is 4.74 Å². The molecule has 1 rings (SSSR count). The van der Waals surface area contributed by atoms with Gasteiger partial charge in [-0.15, -0.1) is 0 Å². The van der Waals surface area contributed by atoms with Crippen molar-refractivity contribution >= 4 is 11.8 Å². The monoisotopic (exact) mass is 171 g/mol. The van der Waals surface area contributed by atoms with E-state index in [1.807, 2.05) is 18.7 Å². The number of nitrogens with zero attached hydrogens (tertiary/aromatic N) is 1. The highest BCUT2D eigenvalue weighted by atomic mass is 32.2. The lowest BCUT2D eigenvalue weighted by Crippen LogP contribution is -2.35. The van der Waals surface area contributed by atoms with Gasteiger partial charge in [-0.2, -0.15) is 17.0 Å². The van der Waals surface area contributed by atoms with Gasteiger partial charge in [-0.25, -0.2) is 0 Å². The maximum absolute atomic E-state index is 8.89. The highest BCUT2D eigenvalue weighted by Crippen LogP contribution is 2.29. The van der Waals surface area contributed by atoms with Gasteiger partial charge in [0.05, 0.1) is 6.07 Å². The summed E-state index contributed by atoms with van der Waals surface area (Å²) < 4.78 is 5.45. The molecule has 0 unspecified atom stereocenters. The quantitative estimate of drug-likeness (QED) is 0.635. The Balaban J connectivity index is 2.51. The van der Waals surface area contributed by atoms with Gasteiger partial charge >= 0.3 is 0 Å². The molecule has 0 aliphatic carbocycles. The van der Waals surface area contributed by atoms with Gasteiger partial charge in [-0.1, -0.05) is 0 Å². The number of rotatable bonds is 2. The molecule has 1 saturated heterocycles. The van der Waals surface area contributed by atoms with Crippen molar-refractivity contribution in [2.24, 2.45) is 0 Å². The molecule has 0 N–H and O–H groups in total. The summed E-state index contributed by atoms with van der Waals surface area (Å²) in [6.45, 7) is 2.60. The molecule has 0 atom stereocenters. The first-order chi connectivity index (χ1) is 5.33. The van der Waals surface area contributed by atoms with E-state index in [1.165, 1.54) is 0 Å². The molecule has 0 aromatic heterocycles. The summed E-state index contributed by atoms with van der Waals surface area (Å²) in [5.74, 6) is 2.13. The second kappa shape index (κ2) is 3.99. The average molecular weight is 171 g/mol. The zero-order valence-corrected chi connectivity index (χ0v) is 7.62. The number of hydrogen-bond donors (Lipinski definition) is 0. The van der Waals surface area contributed by atoms with Crippen LogP contribution in [-0.4, -0.2) is 23.7 Å². The van der Waals surface area contributed by atoms with E-state index in [0.29, 0.717) is 6.61 Å². The van der Waals surface area contributed by atoms with Gasteiger partial charge in [-0.05, 0) is 31.3 Å². The van der Waals surface area contributed by atoms with E-state index in [9.17, 15) is 0 Å². The molecule has 0 bridgehead atoms. The van der Waals surface area contributed by atoms with Crippen LogP contribution in [0.5, 0.6) is 0 Å². The van der Waals surface area contributed by atoms with Crippen molar-refractivity contribution in [3.05, 3.63) is 0 Å². The van der Waals surface area contributed by atoms with Crippen LogP contribution in [0.2, 0.25) is 0 Å². The number of thioether (sulfide) groups is 1. The standard InChI is InChI=1S/C8H13NOS/c1-2-10-8(7-9)3-5-11-6-4-8/h2-6H2,1H3. The van der Waals surface area contributed by atoms with E-state index >= 15 is 0 Å². The van der Waals surface area contributed by atoms with Crippen LogP contribution in [0.3, 0.4) is 0 Å². The second-order valence-corrected chi connectivity index (χ2v) is 3.88. The van der Waals surface area contributed by atoms with Crippen molar-refractivity contribution in [1.82, 2.24) is 0 Å².